The molecule has 7 heteroatoms. The standard InChI is InChI=1S/C9H10BrN3O3/c10-8-3-7(13(14)15)4-11-9(8)12-6-1-2-16-5-6/h3-4,6H,1-2,5H2,(H,11,12). The molecule has 6 nitrogen and oxygen atoms in total. The molecule has 1 aliphatic rings. The van der Waals surface area contributed by atoms with Crippen molar-refractivity contribution in [1.29, 1.82) is 0 Å². The highest BCUT2D eigenvalue weighted by Gasteiger charge is 2.18. The summed E-state index contributed by atoms with van der Waals surface area (Å²) in [5.41, 5.74) is -0.0277. The van der Waals surface area contributed by atoms with Gasteiger partial charge >= 0.3 is 0 Å². The lowest BCUT2D eigenvalue weighted by Gasteiger charge is -2.12. The van der Waals surface area contributed by atoms with Crippen molar-refractivity contribution in [2.45, 2.75) is 12.5 Å². The van der Waals surface area contributed by atoms with Crippen LogP contribution >= 0.6 is 15.9 Å². The summed E-state index contributed by atoms with van der Waals surface area (Å²) in [7, 11) is 0. The van der Waals surface area contributed by atoms with Crippen molar-refractivity contribution in [2.75, 3.05) is 18.5 Å². The zero-order valence-corrected chi connectivity index (χ0v) is 9.94. The summed E-state index contributed by atoms with van der Waals surface area (Å²) in [4.78, 5) is 14.0. The van der Waals surface area contributed by atoms with E-state index in [-0.39, 0.29) is 11.7 Å². The molecule has 0 amide bonds. The van der Waals surface area contributed by atoms with E-state index >= 15 is 0 Å². The number of halogens is 1. The van der Waals surface area contributed by atoms with Gasteiger partial charge in [0.05, 0.1) is 22.0 Å². The van der Waals surface area contributed by atoms with Crippen LogP contribution < -0.4 is 5.32 Å². The van der Waals surface area contributed by atoms with E-state index in [2.05, 4.69) is 26.2 Å². The maximum absolute atomic E-state index is 10.5. The molecule has 1 saturated heterocycles. The molecule has 0 aromatic carbocycles. The number of ether oxygens (including phenoxy) is 1. The van der Waals surface area contributed by atoms with Crippen molar-refractivity contribution < 1.29 is 9.66 Å². The first-order valence-corrected chi connectivity index (χ1v) is 5.60. The zero-order valence-electron chi connectivity index (χ0n) is 8.35. The van der Waals surface area contributed by atoms with Gasteiger partial charge in [-0.3, -0.25) is 10.1 Å². The SMILES string of the molecule is O=[N+]([O-])c1cnc(NC2CCOC2)c(Br)c1. The second-order valence-electron chi connectivity index (χ2n) is 3.49. The van der Waals surface area contributed by atoms with Gasteiger partial charge in [-0.25, -0.2) is 4.98 Å². The fourth-order valence-electron chi connectivity index (χ4n) is 1.48. The Bertz CT molecular complexity index is 407. The van der Waals surface area contributed by atoms with Crippen molar-refractivity contribution in [3.63, 3.8) is 0 Å². The van der Waals surface area contributed by atoms with Gasteiger partial charge in [0.15, 0.2) is 0 Å². The molecule has 1 aliphatic heterocycles. The van der Waals surface area contributed by atoms with Gasteiger partial charge in [-0.1, -0.05) is 0 Å². The second-order valence-corrected chi connectivity index (χ2v) is 4.34. The molecule has 0 bridgehead atoms. The summed E-state index contributed by atoms with van der Waals surface area (Å²) in [5.74, 6) is 0.612. The van der Waals surface area contributed by atoms with Gasteiger partial charge in [-0.15, -0.1) is 0 Å². The van der Waals surface area contributed by atoms with Gasteiger partial charge in [0, 0.05) is 12.7 Å². The van der Waals surface area contributed by atoms with Gasteiger partial charge in [0.1, 0.15) is 12.0 Å². The highest BCUT2D eigenvalue weighted by molar-refractivity contribution is 9.10. The number of anilines is 1. The van der Waals surface area contributed by atoms with Crippen LogP contribution in [0.4, 0.5) is 11.5 Å². The number of aromatic nitrogens is 1. The van der Waals surface area contributed by atoms with Gasteiger partial charge in [0.25, 0.3) is 5.69 Å². The summed E-state index contributed by atoms with van der Waals surface area (Å²) < 4.78 is 5.81. The van der Waals surface area contributed by atoms with Gasteiger partial charge < -0.3 is 10.1 Å². The van der Waals surface area contributed by atoms with Gasteiger partial charge in [-0.2, -0.15) is 0 Å². The molecule has 2 rings (SSSR count). The molecule has 1 fully saturated rings. The average Bonchev–Trinajstić information content (AvgIpc) is 2.73. The average molecular weight is 288 g/mol. The van der Waals surface area contributed by atoms with Gasteiger partial charge in [-0.05, 0) is 22.4 Å². The second kappa shape index (κ2) is 4.75. The van der Waals surface area contributed by atoms with Crippen LogP contribution in [0, 0.1) is 10.1 Å². The summed E-state index contributed by atoms with van der Waals surface area (Å²) >= 11 is 3.25. The lowest BCUT2D eigenvalue weighted by molar-refractivity contribution is -0.385. The number of pyridine rings is 1. The minimum Gasteiger partial charge on any atom is -0.379 e. The van der Waals surface area contributed by atoms with Crippen molar-refractivity contribution in [3.8, 4) is 0 Å². The highest BCUT2D eigenvalue weighted by atomic mass is 79.9. The van der Waals surface area contributed by atoms with Crippen molar-refractivity contribution in [1.82, 2.24) is 4.98 Å². The Hall–Kier alpha value is -1.21. The van der Waals surface area contributed by atoms with Crippen LogP contribution in [0.15, 0.2) is 16.7 Å². The third kappa shape index (κ3) is 2.48. The normalized spacial score (nSPS) is 19.7. The Morgan fingerprint density at radius 3 is 3.06 bits per heavy atom. The molecule has 2 heterocycles. The maximum Gasteiger partial charge on any atom is 0.288 e. The quantitative estimate of drug-likeness (QED) is 0.679. The summed E-state index contributed by atoms with van der Waals surface area (Å²) in [6, 6.07) is 1.66. The third-order valence-electron chi connectivity index (χ3n) is 2.31. The molecule has 1 unspecified atom stereocenters. The van der Waals surface area contributed by atoms with E-state index in [0.29, 0.717) is 16.9 Å². The van der Waals surface area contributed by atoms with Crippen LogP contribution in [0.25, 0.3) is 0 Å². The van der Waals surface area contributed by atoms with Crippen LogP contribution in [0.5, 0.6) is 0 Å². The zero-order chi connectivity index (χ0) is 11.5. The monoisotopic (exact) mass is 287 g/mol. The molecule has 16 heavy (non-hydrogen) atoms. The number of hydrogen-bond donors (Lipinski definition) is 1. The molecule has 0 aliphatic carbocycles. The van der Waals surface area contributed by atoms with Crippen LogP contribution in [0.3, 0.4) is 0 Å². The van der Waals surface area contributed by atoms with E-state index in [4.69, 9.17) is 4.74 Å². The lowest BCUT2D eigenvalue weighted by Crippen LogP contribution is -2.19. The minimum absolute atomic E-state index is 0.0277. The van der Waals surface area contributed by atoms with Crippen LogP contribution in [-0.4, -0.2) is 29.2 Å². The topological polar surface area (TPSA) is 77.3 Å². The predicted octanol–water partition coefficient (Wildman–Crippen LogP) is 1.95. The highest BCUT2D eigenvalue weighted by Crippen LogP contribution is 2.25. The van der Waals surface area contributed by atoms with Crippen molar-refractivity contribution in [3.05, 3.63) is 26.9 Å². The molecule has 1 atom stereocenters. The molecule has 1 N–H and O–H groups in total. The van der Waals surface area contributed by atoms with E-state index in [1.165, 1.54) is 12.3 Å². The fraction of sp³-hybridized carbons (Fsp3) is 0.444. The molecule has 0 radical (unpaired) electrons. The summed E-state index contributed by atoms with van der Waals surface area (Å²) in [6.07, 6.45) is 2.16. The molecular formula is C9H10BrN3O3. The molecular weight excluding hydrogens is 278 g/mol. The van der Waals surface area contributed by atoms with E-state index in [1.54, 1.807) is 0 Å². The first kappa shape index (κ1) is 11.3. The smallest absolute Gasteiger partial charge is 0.288 e. The van der Waals surface area contributed by atoms with Crippen molar-refractivity contribution >= 4 is 27.4 Å². The van der Waals surface area contributed by atoms with E-state index < -0.39 is 4.92 Å². The first-order valence-electron chi connectivity index (χ1n) is 4.81. The van der Waals surface area contributed by atoms with Gasteiger partial charge in [0.2, 0.25) is 0 Å². The Morgan fingerprint density at radius 1 is 1.69 bits per heavy atom. The summed E-state index contributed by atoms with van der Waals surface area (Å²) in [6.45, 7) is 1.38. The fourth-order valence-corrected chi connectivity index (χ4v) is 1.93. The number of nitrogens with zero attached hydrogens (tertiary/aromatic N) is 2. The molecule has 1 aromatic heterocycles. The van der Waals surface area contributed by atoms with E-state index in [0.717, 1.165) is 13.0 Å². The first-order chi connectivity index (χ1) is 7.66. The van der Waals surface area contributed by atoms with E-state index in [9.17, 15) is 10.1 Å². The lowest BCUT2D eigenvalue weighted by atomic mass is 10.2. The molecule has 0 spiro atoms. The molecule has 86 valence electrons. The molecule has 1 aromatic rings. The number of hydrogen-bond acceptors (Lipinski definition) is 5. The molecule has 0 saturated carbocycles. The Labute approximate surface area is 100 Å². The number of rotatable bonds is 3. The Balaban J connectivity index is 2.12. The number of nitrogens with one attached hydrogen (secondary N) is 1. The Morgan fingerprint density at radius 2 is 2.50 bits per heavy atom. The van der Waals surface area contributed by atoms with Crippen molar-refractivity contribution in [2.24, 2.45) is 0 Å². The van der Waals surface area contributed by atoms with Crippen LogP contribution in [0.2, 0.25) is 0 Å². The summed E-state index contributed by atoms with van der Waals surface area (Å²) in [5, 5.41) is 13.7. The van der Waals surface area contributed by atoms with Crippen LogP contribution in [0.1, 0.15) is 6.42 Å². The Kier molecular flexibility index (Phi) is 3.35. The largest absolute Gasteiger partial charge is 0.379 e. The van der Waals surface area contributed by atoms with E-state index in [1.807, 2.05) is 0 Å². The van der Waals surface area contributed by atoms with Crippen LogP contribution in [-0.2, 0) is 4.74 Å². The predicted molar refractivity (Wildman–Crippen MR) is 61.4 cm³/mol. The minimum atomic E-state index is -0.472. The third-order valence-corrected chi connectivity index (χ3v) is 2.91. The number of nitro groups is 1. The maximum atomic E-state index is 10.5.